The van der Waals surface area contributed by atoms with Gasteiger partial charge in [0.2, 0.25) is 5.95 Å². The van der Waals surface area contributed by atoms with E-state index in [2.05, 4.69) is 33.7 Å². The molecule has 1 aliphatic carbocycles. The lowest BCUT2D eigenvalue weighted by Crippen LogP contribution is -2.32. The van der Waals surface area contributed by atoms with Gasteiger partial charge in [0.15, 0.2) is 0 Å². The van der Waals surface area contributed by atoms with E-state index in [4.69, 9.17) is 14.4 Å². The molecule has 3 aromatic rings. The topological polar surface area (TPSA) is 66.2 Å². The van der Waals surface area contributed by atoms with Gasteiger partial charge >= 0.3 is 0 Å². The average molecular weight is 406 g/mol. The Balaban J connectivity index is 1.26. The van der Waals surface area contributed by atoms with Crippen LogP contribution in [0.5, 0.6) is 0 Å². The normalized spacial score (nSPS) is 19.4. The van der Waals surface area contributed by atoms with Crippen LogP contribution in [0.3, 0.4) is 0 Å². The average Bonchev–Trinajstić information content (AvgIpc) is 3.27. The van der Waals surface area contributed by atoms with Gasteiger partial charge in [-0.05, 0) is 68.5 Å². The van der Waals surface area contributed by atoms with Gasteiger partial charge < -0.3 is 20.0 Å². The van der Waals surface area contributed by atoms with Gasteiger partial charge in [0.05, 0.1) is 11.8 Å². The summed E-state index contributed by atoms with van der Waals surface area (Å²) in [6.45, 7) is 1.93. The quantitative estimate of drug-likeness (QED) is 0.536. The van der Waals surface area contributed by atoms with Crippen molar-refractivity contribution in [1.29, 1.82) is 0 Å². The van der Waals surface area contributed by atoms with Crippen LogP contribution in [-0.4, -0.2) is 43.2 Å². The van der Waals surface area contributed by atoms with Crippen LogP contribution in [-0.2, 0) is 0 Å². The van der Waals surface area contributed by atoms with Crippen LogP contribution in [0.4, 0.5) is 11.8 Å². The molecule has 2 N–H and O–H groups in total. The first-order valence-corrected chi connectivity index (χ1v) is 10.8. The van der Waals surface area contributed by atoms with E-state index in [1.54, 1.807) is 6.26 Å². The third kappa shape index (κ3) is 5.19. The lowest BCUT2D eigenvalue weighted by Gasteiger charge is -2.29. The first-order valence-electron chi connectivity index (χ1n) is 10.8. The Labute approximate surface area is 178 Å². The molecule has 6 heteroatoms. The Hall–Kier alpha value is -2.86. The number of hydrogen-bond acceptors (Lipinski definition) is 6. The Bertz CT molecular complexity index is 959. The molecule has 0 atom stereocenters. The van der Waals surface area contributed by atoms with Crippen molar-refractivity contribution >= 4 is 28.7 Å². The first kappa shape index (κ1) is 20.4. The molecule has 0 aliphatic heterocycles. The molecule has 30 heavy (non-hydrogen) atoms. The van der Waals surface area contributed by atoms with Gasteiger partial charge in [0.1, 0.15) is 11.6 Å². The summed E-state index contributed by atoms with van der Waals surface area (Å²) < 4.78 is 5.30. The van der Waals surface area contributed by atoms with Gasteiger partial charge in [0, 0.05) is 32.1 Å². The number of hydrogen-bond donors (Lipinski definition) is 2. The van der Waals surface area contributed by atoms with Crippen LogP contribution in [0.1, 0.15) is 31.4 Å². The van der Waals surface area contributed by atoms with E-state index in [1.165, 1.54) is 12.8 Å². The van der Waals surface area contributed by atoms with E-state index in [0.717, 1.165) is 60.3 Å². The van der Waals surface area contributed by atoms with E-state index in [0.29, 0.717) is 6.04 Å². The fraction of sp³-hybridized carbons (Fsp3) is 0.417. The maximum Gasteiger partial charge on any atom is 0.225 e. The van der Waals surface area contributed by atoms with E-state index in [-0.39, 0.29) is 0 Å². The Morgan fingerprint density at radius 3 is 2.67 bits per heavy atom. The monoisotopic (exact) mass is 405 g/mol. The van der Waals surface area contributed by atoms with Gasteiger partial charge in [-0.15, -0.1) is 0 Å². The molecule has 0 bridgehead atoms. The summed E-state index contributed by atoms with van der Waals surface area (Å²) in [7, 11) is 4.06. The molecule has 0 spiro atoms. The van der Waals surface area contributed by atoms with Crippen molar-refractivity contribution in [1.82, 2.24) is 15.3 Å². The molecular formula is C24H31N5O. The van der Waals surface area contributed by atoms with Crippen LogP contribution >= 0.6 is 0 Å². The summed E-state index contributed by atoms with van der Waals surface area (Å²) >= 11 is 0. The second-order valence-corrected chi connectivity index (χ2v) is 8.22. The van der Waals surface area contributed by atoms with Gasteiger partial charge in [-0.25, -0.2) is 4.98 Å². The first-order chi connectivity index (χ1) is 14.7. The van der Waals surface area contributed by atoms with Crippen LogP contribution < -0.4 is 15.5 Å². The molecule has 1 aliphatic rings. The maximum absolute atomic E-state index is 5.30. The van der Waals surface area contributed by atoms with Crippen LogP contribution in [0, 0.1) is 5.92 Å². The summed E-state index contributed by atoms with van der Waals surface area (Å²) in [4.78, 5) is 11.6. The fourth-order valence-electron chi connectivity index (χ4n) is 4.09. The molecular weight excluding hydrogens is 374 g/mol. The van der Waals surface area contributed by atoms with Crippen molar-refractivity contribution in [3.05, 3.63) is 54.5 Å². The molecule has 1 saturated carbocycles. The predicted octanol–water partition coefficient (Wildman–Crippen LogP) is 4.56. The van der Waals surface area contributed by atoms with Crippen molar-refractivity contribution in [3.8, 4) is 0 Å². The number of anilines is 2. The predicted molar refractivity (Wildman–Crippen MR) is 124 cm³/mol. The summed E-state index contributed by atoms with van der Waals surface area (Å²) in [5, 5.41) is 8.22. The third-order valence-electron chi connectivity index (χ3n) is 5.71. The highest BCUT2D eigenvalue weighted by Crippen LogP contribution is 2.28. The molecule has 6 nitrogen and oxygen atoms in total. The standard InChI is InChI=1S/C24H31N5O/c1-29(2)23-21-9-3-4-10-22(21)27-24(28-23)26-19-13-11-18(12-14-19)17-25-15-5-7-20-8-6-16-30-20/h3-10,16,18-19,25H,11-15,17H2,1-2H3,(H,26,27,28)/b7-5+. The summed E-state index contributed by atoms with van der Waals surface area (Å²) in [5.74, 6) is 3.33. The number of benzene rings is 1. The summed E-state index contributed by atoms with van der Waals surface area (Å²) in [6.07, 6.45) is 10.6. The van der Waals surface area contributed by atoms with Crippen molar-refractivity contribution < 1.29 is 4.42 Å². The van der Waals surface area contributed by atoms with Gasteiger partial charge in [0.25, 0.3) is 0 Å². The van der Waals surface area contributed by atoms with Crippen molar-refractivity contribution in [3.63, 3.8) is 0 Å². The number of rotatable bonds is 8. The number of aromatic nitrogens is 2. The van der Waals surface area contributed by atoms with Crippen molar-refractivity contribution in [2.24, 2.45) is 5.92 Å². The van der Waals surface area contributed by atoms with Gasteiger partial charge in [-0.1, -0.05) is 18.2 Å². The molecule has 2 heterocycles. The van der Waals surface area contributed by atoms with Crippen LogP contribution in [0.25, 0.3) is 17.0 Å². The molecule has 0 radical (unpaired) electrons. The highest BCUT2D eigenvalue weighted by atomic mass is 16.3. The Kier molecular flexibility index (Phi) is 6.64. The van der Waals surface area contributed by atoms with E-state index in [1.807, 2.05) is 44.4 Å². The third-order valence-corrected chi connectivity index (χ3v) is 5.71. The number of nitrogens with one attached hydrogen (secondary N) is 2. The fourth-order valence-corrected chi connectivity index (χ4v) is 4.09. The van der Waals surface area contributed by atoms with E-state index < -0.39 is 0 Å². The largest absolute Gasteiger partial charge is 0.465 e. The minimum atomic E-state index is 0.441. The van der Waals surface area contributed by atoms with Crippen molar-refractivity contribution in [2.45, 2.75) is 31.7 Å². The number of furan rings is 1. The number of nitrogens with zero attached hydrogens (tertiary/aromatic N) is 3. The zero-order chi connectivity index (χ0) is 20.8. The second-order valence-electron chi connectivity index (χ2n) is 8.22. The Morgan fingerprint density at radius 1 is 1.07 bits per heavy atom. The lowest BCUT2D eigenvalue weighted by atomic mass is 9.86. The molecule has 0 unspecified atom stereocenters. The lowest BCUT2D eigenvalue weighted by molar-refractivity contribution is 0.327. The summed E-state index contributed by atoms with van der Waals surface area (Å²) in [5.41, 5.74) is 0.985. The molecule has 4 rings (SSSR count). The second kappa shape index (κ2) is 9.76. The SMILES string of the molecule is CN(C)c1nc(NC2CCC(CNC/C=C/c3ccco3)CC2)nc2ccccc12. The number of fused-ring (bicyclic) bond motifs is 1. The molecule has 0 amide bonds. The highest BCUT2D eigenvalue weighted by Gasteiger charge is 2.22. The van der Waals surface area contributed by atoms with Crippen molar-refractivity contribution in [2.75, 3.05) is 37.4 Å². The van der Waals surface area contributed by atoms with Gasteiger partial charge in [-0.2, -0.15) is 4.98 Å². The summed E-state index contributed by atoms with van der Waals surface area (Å²) in [6, 6.07) is 12.5. The number of para-hydroxylation sites is 1. The smallest absolute Gasteiger partial charge is 0.225 e. The molecule has 1 aromatic carbocycles. The molecule has 1 fully saturated rings. The Morgan fingerprint density at radius 2 is 1.90 bits per heavy atom. The highest BCUT2D eigenvalue weighted by molar-refractivity contribution is 5.90. The maximum atomic E-state index is 5.30. The van der Waals surface area contributed by atoms with Gasteiger partial charge in [-0.3, -0.25) is 0 Å². The molecule has 2 aromatic heterocycles. The molecule has 0 saturated heterocycles. The minimum Gasteiger partial charge on any atom is -0.465 e. The van der Waals surface area contributed by atoms with Crippen LogP contribution in [0.15, 0.2) is 53.2 Å². The zero-order valence-electron chi connectivity index (χ0n) is 17.8. The van der Waals surface area contributed by atoms with E-state index in [9.17, 15) is 0 Å². The minimum absolute atomic E-state index is 0.441. The molecule has 158 valence electrons. The zero-order valence-corrected chi connectivity index (χ0v) is 17.8. The van der Waals surface area contributed by atoms with E-state index >= 15 is 0 Å². The van der Waals surface area contributed by atoms with Crippen LogP contribution in [0.2, 0.25) is 0 Å².